The molecule has 0 atom stereocenters. The monoisotopic (exact) mass is 243 g/mol. The zero-order chi connectivity index (χ0) is 12.8. The number of ether oxygens (including phenoxy) is 2. The zero-order valence-corrected chi connectivity index (χ0v) is 12.0. The van der Waals surface area contributed by atoms with E-state index in [-0.39, 0.29) is 11.2 Å². The first-order valence-electron chi connectivity index (χ1n) is 6.93. The van der Waals surface area contributed by atoms with Crippen LogP contribution in [0.3, 0.4) is 0 Å². The number of rotatable bonds is 8. The van der Waals surface area contributed by atoms with E-state index in [0.29, 0.717) is 0 Å². The van der Waals surface area contributed by atoms with Crippen molar-refractivity contribution in [1.82, 2.24) is 5.32 Å². The number of hydrogen-bond acceptors (Lipinski definition) is 3. The molecule has 3 heteroatoms. The summed E-state index contributed by atoms with van der Waals surface area (Å²) in [4.78, 5) is 0. The minimum Gasteiger partial charge on any atom is -0.379 e. The van der Waals surface area contributed by atoms with Gasteiger partial charge in [-0.15, -0.1) is 0 Å². The molecule has 1 rings (SSSR count). The van der Waals surface area contributed by atoms with Gasteiger partial charge in [-0.25, -0.2) is 0 Å². The highest BCUT2D eigenvalue weighted by atomic mass is 16.5. The maximum absolute atomic E-state index is 6.19. The molecule has 1 aliphatic rings. The van der Waals surface area contributed by atoms with Gasteiger partial charge in [-0.2, -0.15) is 0 Å². The van der Waals surface area contributed by atoms with E-state index in [2.05, 4.69) is 26.1 Å². The van der Waals surface area contributed by atoms with Crippen molar-refractivity contribution >= 4 is 0 Å². The Hall–Kier alpha value is -0.120. The Morgan fingerprint density at radius 3 is 2.41 bits per heavy atom. The molecule has 0 heterocycles. The molecule has 1 N–H and O–H groups in total. The van der Waals surface area contributed by atoms with Gasteiger partial charge in [-0.05, 0) is 39.7 Å². The van der Waals surface area contributed by atoms with E-state index in [9.17, 15) is 0 Å². The van der Waals surface area contributed by atoms with Crippen molar-refractivity contribution in [3.05, 3.63) is 0 Å². The van der Waals surface area contributed by atoms with Gasteiger partial charge in [-0.3, -0.25) is 0 Å². The molecule has 0 amide bonds. The average Bonchev–Trinajstić information content (AvgIpc) is 2.75. The minimum atomic E-state index is -0.0714. The Morgan fingerprint density at radius 2 is 1.88 bits per heavy atom. The second kappa shape index (κ2) is 6.72. The number of hydrogen-bond donors (Lipinski definition) is 1. The van der Waals surface area contributed by atoms with Crippen LogP contribution in [0.15, 0.2) is 0 Å². The van der Waals surface area contributed by atoms with E-state index in [1.54, 1.807) is 7.11 Å². The van der Waals surface area contributed by atoms with Crippen molar-refractivity contribution in [2.45, 2.75) is 64.1 Å². The molecule has 0 spiro atoms. The maximum atomic E-state index is 6.19. The average molecular weight is 243 g/mol. The van der Waals surface area contributed by atoms with E-state index in [1.807, 2.05) is 0 Å². The second-order valence-corrected chi connectivity index (χ2v) is 5.73. The molecular weight excluding hydrogens is 214 g/mol. The van der Waals surface area contributed by atoms with Crippen molar-refractivity contribution in [2.75, 3.05) is 26.8 Å². The predicted octanol–water partition coefficient (Wildman–Crippen LogP) is 2.74. The first-order chi connectivity index (χ1) is 8.04. The van der Waals surface area contributed by atoms with Gasteiger partial charge < -0.3 is 14.8 Å². The Kier molecular flexibility index (Phi) is 5.90. The predicted molar refractivity (Wildman–Crippen MR) is 71.4 cm³/mol. The van der Waals surface area contributed by atoms with Gasteiger partial charge in [0.25, 0.3) is 0 Å². The smallest absolute Gasteiger partial charge is 0.0806 e. The van der Waals surface area contributed by atoms with E-state index in [1.165, 1.54) is 25.7 Å². The van der Waals surface area contributed by atoms with Crippen LogP contribution in [-0.2, 0) is 9.47 Å². The van der Waals surface area contributed by atoms with E-state index < -0.39 is 0 Å². The molecule has 0 aromatic carbocycles. The van der Waals surface area contributed by atoms with Gasteiger partial charge in [0.1, 0.15) is 0 Å². The normalized spacial score (nSPS) is 19.8. The minimum absolute atomic E-state index is 0.0714. The molecule has 0 aliphatic heterocycles. The van der Waals surface area contributed by atoms with E-state index in [0.717, 1.165) is 26.1 Å². The number of nitrogens with one attached hydrogen (secondary N) is 1. The zero-order valence-electron chi connectivity index (χ0n) is 12.0. The number of methoxy groups -OCH3 is 1. The Morgan fingerprint density at radius 1 is 1.24 bits per heavy atom. The third-order valence-corrected chi connectivity index (χ3v) is 3.88. The van der Waals surface area contributed by atoms with E-state index in [4.69, 9.17) is 9.47 Å². The van der Waals surface area contributed by atoms with Gasteiger partial charge in [-0.1, -0.05) is 19.8 Å². The topological polar surface area (TPSA) is 30.5 Å². The molecule has 1 fully saturated rings. The summed E-state index contributed by atoms with van der Waals surface area (Å²) < 4.78 is 11.6. The molecule has 0 aromatic heterocycles. The first kappa shape index (κ1) is 14.9. The summed E-state index contributed by atoms with van der Waals surface area (Å²) in [5.41, 5.74) is 0.0256. The van der Waals surface area contributed by atoms with Gasteiger partial charge in [0, 0.05) is 13.7 Å². The van der Waals surface area contributed by atoms with Crippen molar-refractivity contribution in [3.63, 3.8) is 0 Å². The molecule has 17 heavy (non-hydrogen) atoms. The second-order valence-electron chi connectivity index (χ2n) is 5.73. The van der Waals surface area contributed by atoms with Crippen LogP contribution in [0.2, 0.25) is 0 Å². The van der Waals surface area contributed by atoms with Crippen molar-refractivity contribution in [2.24, 2.45) is 0 Å². The molecule has 102 valence electrons. The molecule has 1 saturated carbocycles. The third kappa shape index (κ3) is 4.94. The van der Waals surface area contributed by atoms with Crippen LogP contribution in [-0.4, -0.2) is 38.0 Å². The SMILES string of the molecule is CCNCC1(OCCC(C)(C)OC)CCCC1. The Balaban J connectivity index is 2.34. The summed E-state index contributed by atoms with van der Waals surface area (Å²) >= 11 is 0. The standard InChI is InChI=1S/C14H29NO2/c1-5-15-12-14(8-6-7-9-14)17-11-10-13(2,3)16-4/h15H,5-12H2,1-4H3. The first-order valence-corrected chi connectivity index (χ1v) is 6.93. The summed E-state index contributed by atoms with van der Waals surface area (Å²) in [5.74, 6) is 0. The highest BCUT2D eigenvalue weighted by Gasteiger charge is 2.34. The molecule has 1 aliphatic carbocycles. The lowest BCUT2D eigenvalue weighted by Crippen LogP contribution is -2.41. The Bertz CT molecular complexity index is 210. The van der Waals surface area contributed by atoms with Crippen LogP contribution in [0.4, 0.5) is 0 Å². The molecular formula is C14H29NO2. The summed E-state index contributed by atoms with van der Waals surface area (Å²) in [6.45, 7) is 9.19. The van der Waals surface area contributed by atoms with Crippen LogP contribution in [0.25, 0.3) is 0 Å². The molecule has 0 radical (unpaired) electrons. The fourth-order valence-corrected chi connectivity index (χ4v) is 2.36. The van der Waals surface area contributed by atoms with Gasteiger partial charge in [0.05, 0.1) is 17.8 Å². The van der Waals surface area contributed by atoms with Gasteiger partial charge in [0.2, 0.25) is 0 Å². The van der Waals surface area contributed by atoms with Crippen molar-refractivity contribution in [1.29, 1.82) is 0 Å². The van der Waals surface area contributed by atoms with Crippen LogP contribution >= 0.6 is 0 Å². The van der Waals surface area contributed by atoms with Crippen molar-refractivity contribution in [3.8, 4) is 0 Å². The quantitative estimate of drug-likeness (QED) is 0.711. The van der Waals surface area contributed by atoms with Crippen LogP contribution < -0.4 is 5.32 Å². The highest BCUT2D eigenvalue weighted by Crippen LogP contribution is 2.33. The summed E-state index contributed by atoms with van der Waals surface area (Å²) in [7, 11) is 1.77. The summed E-state index contributed by atoms with van der Waals surface area (Å²) in [6.07, 6.45) is 5.97. The fraction of sp³-hybridized carbons (Fsp3) is 1.00. The maximum Gasteiger partial charge on any atom is 0.0806 e. The molecule has 0 unspecified atom stereocenters. The largest absolute Gasteiger partial charge is 0.379 e. The highest BCUT2D eigenvalue weighted by molar-refractivity contribution is 4.88. The molecule has 0 saturated heterocycles. The van der Waals surface area contributed by atoms with Gasteiger partial charge in [0.15, 0.2) is 0 Å². The molecule has 0 aromatic rings. The van der Waals surface area contributed by atoms with Crippen LogP contribution in [0.5, 0.6) is 0 Å². The fourth-order valence-electron chi connectivity index (χ4n) is 2.36. The molecule has 0 bridgehead atoms. The lowest BCUT2D eigenvalue weighted by atomic mass is 10.0. The van der Waals surface area contributed by atoms with Crippen molar-refractivity contribution < 1.29 is 9.47 Å². The number of likely N-dealkylation sites (N-methyl/N-ethyl adjacent to an activating group) is 1. The third-order valence-electron chi connectivity index (χ3n) is 3.88. The molecule has 3 nitrogen and oxygen atoms in total. The lowest BCUT2D eigenvalue weighted by molar-refractivity contribution is -0.0706. The Labute approximate surface area is 106 Å². The lowest BCUT2D eigenvalue weighted by Gasteiger charge is -2.32. The summed E-state index contributed by atoms with van der Waals surface area (Å²) in [6, 6.07) is 0. The van der Waals surface area contributed by atoms with Crippen LogP contribution in [0, 0.1) is 0 Å². The summed E-state index contributed by atoms with van der Waals surface area (Å²) in [5, 5.41) is 3.44. The van der Waals surface area contributed by atoms with Gasteiger partial charge >= 0.3 is 0 Å². The van der Waals surface area contributed by atoms with E-state index >= 15 is 0 Å². The van der Waals surface area contributed by atoms with Crippen LogP contribution in [0.1, 0.15) is 52.9 Å².